The highest BCUT2D eigenvalue weighted by Crippen LogP contribution is 2.11. The molecule has 0 bridgehead atoms. The minimum Gasteiger partial charge on any atom is -0.462 e. The monoisotopic (exact) mass is 1960 g/mol. The minimum absolute atomic E-state index is 0.325. The average Bonchev–Trinajstić information content (AvgIpc) is 1.01. The summed E-state index contributed by atoms with van der Waals surface area (Å²) in [5.74, 6) is -0.650. The zero-order valence-corrected chi connectivity index (χ0v) is 87.6. The highest BCUT2D eigenvalue weighted by molar-refractivity contribution is 5.87. The summed E-state index contributed by atoms with van der Waals surface area (Å²) in [7, 11) is 0. The lowest BCUT2D eigenvalue weighted by Crippen LogP contribution is -2.07. The van der Waals surface area contributed by atoms with Crippen LogP contribution in [0.25, 0.3) is 0 Å². The molecule has 0 heterocycles. The predicted molar refractivity (Wildman–Crippen MR) is 542 cm³/mol. The van der Waals surface area contributed by atoms with Crippen LogP contribution in [0.15, 0.2) is 24.3 Å². The van der Waals surface area contributed by atoms with E-state index in [0.29, 0.717) is 37.6 Å². The summed E-state index contributed by atoms with van der Waals surface area (Å²) >= 11 is 0. The lowest BCUT2D eigenvalue weighted by atomic mass is 10.3. The summed E-state index contributed by atoms with van der Waals surface area (Å²) < 4.78 is 149. The average molecular weight is 1960 g/mol. The molecule has 28 nitrogen and oxygen atoms in total. The van der Waals surface area contributed by atoms with Crippen LogP contribution in [0, 0.1) is 0 Å². The van der Waals surface area contributed by atoms with Gasteiger partial charge in [-0.2, -0.15) is 0 Å². The molecule has 0 saturated heterocycles. The van der Waals surface area contributed by atoms with Crippen LogP contribution in [0.2, 0.25) is 0 Å². The Bertz CT molecular complexity index is 2010. The van der Waals surface area contributed by atoms with Crippen molar-refractivity contribution >= 4 is 11.9 Å². The van der Waals surface area contributed by atoms with Crippen molar-refractivity contribution in [1.82, 2.24) is 0 Å². The highest BCUT2D eigenvalue weighted by atomic mass is 16.6. The minimum atomic E-state index is -0.325. The van der Waals surface area contributed by atoms with Gasteiger partial charge in [0, 0.05) is 328 Å². The van der Waals surface area contributed by atoms with Gasteiger partial charge in [0.05, 0.1) is 13.2 Å². The van der Waals surface area contributed by atoms with E-state index in [1.165, 1.54) is 0 Å². The summed E-state index contributed by atoms with van der Waals surface area (Å²) in [6.45, 7) is 49.0. The zero-order chi connectivity index (χ0) is 97.4. The van der Waals surface area contributed by atoms with Crippen LogP contribution in [0.1, 0.15) is 335 Å². The van der Waals surface area contributed by atoms with E-state index < -0.39 is 0 Å². The summed E-state index contributed by atoms with van der Waals surface area (Å²) in [5.41, 5.74) is 0.867. The van der Waals surface area contributed by atoms with Gasteiger partial charge in [-0.1, -0.05) is 13.2 Å². The maximum Gasteiger partial charge on any atom is 0.333 e. The Morgan fingerprint density at radius 1 is 0.110 bits per heavy atom. The third-order valence-corrected chi connectivity index (χ3v) is 21.6. The first-order chi connectivity index (χ1) is 67.4. The fourth-order valence-corrected chi connectivity index (χ4v) is 13.0. The van der Waals surface area contributed by atoms with Crippen LogP contribution < -0.4 is 0 Å². The van der Waals surface area contributed by atoms with E-state index in [-0.39, 0.29) is 11.9 Å². The van der Waals surface area contributed by atoms with Gasteiger partial charge in [-0.05, 0) is 335 Å². The summed E-state index contributed by atoms with van der Waals surface area (Å²) in [4.78, 5) is 22.7. The molecule has 0 spiro atoms. The van der Waals surface area contributed by atoms with Crippen LogP contribution in [0.5, 0.6) is 0 Å². The molecule has 28 heteroatoms. The van der Waals surface area contributed by atoms with Crippen molar-refractivity contribution in [3.8, 4) is 0 Å². The molecule has 0 radical (unpaired) electrons. The lowest BCUT2D eigenvalue weighted by molar-refractivity contribution is -0.140. The van der Waals surface area contributed by atoms with Crippen LogP contribution in [0.4, 0.5) is 0 Å². The molecular weight excluding hydrogens is 1750 g/mol. The maximum absolute atomic E-state index is 11.3. The molecule has 0 aromatic carbocycles. The second-order valence-corrected chi connectivity index (χ2v) is 35.2. The molecule has 0 unspecified atom stereocenters. The van der Waals surface area contributed by atoms with Crippen molar-refractivity contribution < 1.29 is 133 Å². The van der Waals surface area contributed by atoms with Gasteiger partial charge >= 0.3 is 11.9 Å². The predicted octanol–water partition coefficient (Wildman–Crippen LogP) is 21.1. The van der Waals surface area contributed by atoms with Crippen molar-refractivity contribution in [2.45, 2.75) is 335 Å². The molecule has 0 aromatic rings. The van der Waals surface area contributed by atoms with Crippen molar-refractivity contribution in [2.75, 3.05) is 330 Å². The fraction of sp³-hybridized carbons (Fsp3) is 0.944. The fourth-order valence-electron chi connectivity index (χ4n) is 13.0. The van der Waals surface area contributed by atoms with Gasteiger partial charge in [0.1, 0.15) is 0 Å². The van der Waals surface area contributed by atoms with Crippen molar-refractivity contribution in [3.05, 3.63) is 24.3 Å². The molecule has 136 heavy (non-hydrogen) atoms. The van der Waals surface area contributed by atoms with Crippen molar-refractivity contribution in [3.63, 3.8) is 0 Å². The van der Waals surface area contributed by atoms with Crippen LogP contribution >= 0.6 is 0 Å². The summed E-state index contributed by atoms with van der Waals surface area (Å²) in [6, 6.07) is 0. The third kappa shape index (κ3) is 124. The maximum atomic E-state index is 11.3. The second-order valence-electron chi connectivity index (χ2n) is 35.2. The molecular formula is C108H210O28. The Labute approximate surface area is 830 Å². The van der Waals surface area contributed by atoms with Crippen molar-refractivity contribution in [1.29, 1.82) is 0 Å². The van der Waals surface area contributed by atoms with Crippen LogP contribution in [0.3, 0.4) is 0 Å². The van der Waals surface area contributed by atoms with Crippen molar-refractivity contribution in [2.24, 2.45) is 0 Å². The van der Waals surface area contributed by atoms with Gasteiger partial charge in [0.2, 0.25) is 0 Å². The Kier molecular flexibility index (Phi) is 122. The molecule has 0 aliphatic carbocycles. The number of rotatable bonds is 127. The quantitative estimate of drug-likeness (QED) is 0.0311. The Balaban J connectivity index is 3.11. The number of carbonyl (C=O) groups excluding carboxylic acids is 2. The molecule has 0 fully saturated rings. The molecule has 0 atom stereocenters. The van der Waals surface area contributed by atoms with Gasteiger partial charge in [-0.3, -0.25) is 0 Å². The molecule has 0 aliphatic rings. The van der Waals surface area contributed by atoms with Gasteiger partial charge in [0.15, 0.2) is 0 Å². The lowest BCUT2D eigenvalue weighted by Gasteiger charge is -2.08. The first-order valence-electron chi connectivity index (χ1n) is 55.0. The number of hydrogen-bond acceptors (Lipinski definition) is 28. The molecule has 0 rings (SSSR count). The SMILES string of the molecule is C=C(C)C(=O)OCCCCOCCCCOCCCCOCCCCOCCCCOCCCCOCCCCOCCCCOCCCCOCCCCOCCCCOCCCCOCCCCOCCCCOCCCCOCCCCOCCCCOCCCCOCCCCOCCCCOCCCCOCCCCOCCCCOCCCCOCCCCOC(=O)C(=C)C. The topological polar surface area (TPSA) is 274 Å². The van der Waals surface area contributed by atoms with E-state index in [2.05, 4.69) is 13.2 Å². The molecule has 0 aliphatic heterocycles. The van der Waals surface area contributed by atoms with E-state index in [0.717, 1.165) is 625 Å². The van der Waals surface area contributed by atoms with E-state index in [4.69, 9.17) is 123 Å². The number of carbonyl (C=O) groups is 2. The van der Waals surface area contributed by atoms with Gasteiger partial charge in [0.25, 0.3) is 0 Å². The van der Waals surface area contributed by atoms with Crippen LogP contribution in [-0.4, -0.2) is 342 Å². The molecule has 0 aromatic heterocycles. The standard InChI is InChI=1S/C108H210O28/c1-105(2)107(109)135-103-53-51-101-133-99-49-47-97-131-95-45-43-93-129-91-41-39-89-127-87-37-35-85-125-83-33-31-81-123-79-29-27-77-121-75-25-23-73-119-71-21-19-69-117-67-17-15-65-115-63-13-11-61-113-59-9-7-57-111-55-5-6-56-112-58-8-10-60-114-62-12-14-64-116-66-16-18-68-118-70-20-22-72-120-74-24-26-76-122-78-28-30-80-124-82-32-34-84-126-86-36-38-88-128-90-40-42-92-130-94-44-46-96-132-98-48-50-100-134-102-52-54-104-136-108(110)106(3)4/h1,3,5-104H2,2,4H3. The van der Waals surface area contributed by atoms with Crippen LogP contribution in [-0.2, 0) is 133 Å². The Morgan fingerprint density at radius 3 is 0.213 bits per heavy atom. The zero-order valence-electron chi connectivity index (χ0n) is 87.6. The largest absolute Gasteiger partial charge is 0.462 e. The van der Waals surface area contributed by atoms with E-state index >= 15 is 0 Å². The normalized spacial score (nSPS) is 11.7. The van der Waals surface area contributed by atoms with E-state index in [1.54, 1.807) is 13.8 Å². The smallest absolute Gasteiger partial charge is 0.333 e. The number of hydrogen-bond donors (Lipinski definition) is 0. The van der Waals surface area contributed by atoms with E-state index in [1.807, 2.05) is 0 Å². The molecule has 810 valence electrons. The molecule has 0 amide bonds. The number of esters is 2. The van der Waals surface area contributed by atoms with Gasteiger partial charge in [-0.15, -0.1) is 0 Å². The first kappa shape index (κ1) is 133. The summed E-state index contributed by atoms with van der Waals surface area (Å²) in [6.07, 6.45) is 50.7. The highest BCUT2D eigenvalue weighted by Gasteiger charge is 2.09. The van der Waals surface area contributed by atoms with E-state index in [9.17, 15) is 9.59 Å². The Morgan fingerprint density at radius 2 is 0.162 bits per heavy atom. The summed E-state index contributed by atoms with van der Waals surface area (Å²) in [5, 5.41) is 0. The van der Waals surface area contributed by atoms with Gasteiger partial charge in [-0.25, -0.2) is 9.59 Å². The third-order valence-electron chi connectivity index (χ3n) is 21.6. The number of unbranched alkanes of at least 4 members (excludes halogenated alkanes) is 25. The molecule has 0 N–H and O–H groups in total. The Hall–Kier alpha value is -2.54. The second kappa shape index (κ2) is 125. The number of ether oxygens (including phenoxy) is 26. The first-order valence-corrected chi connectivity index (χ1v) is 55.0. The molecule has 0 saturated carbocycles. The van der Waals surface area contributed by atoms with Gasteiger partial charge < -0.3 is 123 Å².